The molecule has 1 N–H and O–H groups in total. The fraction of sp³-hybridized carbons (Fsp3) is 0.692. The highest BCUT2D eigenvalue weighted by atomic mass is 16.4. The SMILES string of the molecule is C=CCCCN(C)C(=O)N1CCN(CC(=O)O)CC1. The third kappa shape index (κ3) is 5.30. The summed E-state index contributed by atoms with van der Waals surface area (Å²) in [4.78, 5) is 28.1. The summed E-state index contributed by atoms with van der Waals surface area (Å²) in [5.41, 5.74) is 0. The first kappa shape index (κ1) is 15.5. The van der Waals surface area contributed by atoms with E-state index in [2.05, 4.69) is 6.58 Å². The number of hydrogen-bond acceptors (Lipinski definition) is 3. The molecule has 108 valence electrons. The van der Waals surface area contributed by atoms with Gasteiger partial charge in [0.15, 0.2) is 0 Å². The standard InChI is InChI=1S/C13H23N3O3/c1-3-4-5-6-14(2)13(19)16-9-7-15(8-10-16)11-12(17)18/h3H,1,4-11H2,2H3,(H,17,18). The molecular formula is C13H23N3O3. The predicted molar refractivity (Wildman–Crippen MR) is 73.1 cm³/mol. The minimum atomic E-state index is -0.818. The number of hydrogen-bond donors (Lipinski definition) is 1. The average Bonchev–Trinajstić information content (AvgIpc) is 2.38. The van der Waals surface area contributed by atoms with E-state index in [-0.39, 0.29) is 12.6 Å². The van der Waals surface area contributed by atoms with Crippen molar-refractivity contribution in [1.82, 2.24) is 14.7 Å². The Morgan fingerprint density at radius 3 is 2.47 bits per heavy atom. The van der Waals surface area contributed by atoms with Gasteiger partial charge < -0.3 is 14.9 Å². The number of rotatable bonds is 6. The number of amides is 2. The highest BCUT2D eigenvalue weighted by Gasteiger charge is 2.23. The summed E-state index contributed by atoms with van der Waals surface area (Å²) in [5.74, 6) is -0.818. The normalized spacial score (nSPS) is 16.2. The molecule has 0 saturated carbocycles. The average molecular weight is 269 g/mol. The summed E-state index contributed by atoms with van der Waals surface area (Å²) < 4.78 is 0. The highest BCUT2D eigenvalue weighted by molar-refractivity contribution is 5.74. The number of unbranched alkanes of at least 4 members (excludes halogenated alkanes) is 1. The van der Waals surface area contributed by atoms with Crippen LogP contribution in [0.5, 0.6) is 0 Å². The molecule has 0 bridgehead atoms. The molecule has 1 rings (SSSR count). The number of piperazine rings is 1. The number of carbonyl (C=O) groups is 2. The van der Waals surface area contributed by atoms with E-state index >= 15 is 0 Å². The lowest BCUT2D eigenvalue weighted by Crippen LogP contribution is -2.53. The van der Waals surface area contributed by atoms with Crippen LogP contribution in [-0.2, 0) is 4.79 Å². The van der Waals surface area contributed by atoms with Gasteiger partial charge in [0.05, 0.1) is 6.54 Å². The molecule has 1 heterocycles. The molecule has 0 aromatic carbocycles. The lowest BCUT2D eigenvalue weighted by Gasteiger charge is -2.36. The zero-order chi connectivity index (χ0) is 14.3. The van der Waals surface area contributed by atoms with Crippen molar-refractivity contribution in [1.29, 1.82) is 0 Å². The van der Waals surface area contributed by atoms with Crippen molar-refractivity contribution in [3.63, 3.8) is 0 Å². The third-order valence-electron chi connectivity index (χ3n) is 3.23. The zero-order valence-corrected chi connectivity index (χ0v) is 11.5. The Bertz CT molecular complexity index is 325. The number of urea groups is 1. The van der Waals surface area contributed by atoms with Crippen molar-refractivity contribution in [2.24, 2.45) is 0 Å². The fourth-order valence-corrected chi connectivity index (χ4v) is 2.10. The maximum absolute atomic E-state index is 12.1. The Morgan fingerprint density at radius 2 is 1.95 bits per heavy atom. The van der Waals surface area contributed by atoms with Crippen LogP contribution in [0.4, 0.5) is 4.79 Å². The minimum Gasteiger partial charge on any atom is -0.480 e. The molecule has 1 saturated heterocycles. The molecule has 1 aliphatic heterocycles. The Labute approximate surface area is 114 Å². The Morgan fingerprint density at radius 1 is 1.32 bits per heavy atom. The number of carbonyl (C=O) groups excluding carboxylic acids is 1. The molecule has 6 nitrogen and oxygen atoms in total. The van der Waals surface area contributed by atoms with E-state index in [1.807, 2.05) is 11.0 Å². The first-order valence-electron chi connectivity index (χ1n) is 6.59. The van der Waals surface area contributed by atoms with Gasteiger partial charge in [-0.15, -0.1) is 6.58 Å². The molecular weight excluding hydrogens is 246 g/mol. The van der Waals surface area contributed by atoms with E-state index in [0.717, 1.165) is 19.4 Å². The number of aliphatic carboxylic acids is 1. The van der Waals surface area contributed by atoms with Gasteiger partial charge in [-0.2, -0.15) is 0 Å². The van der Waals surface area contributed by atoms with Gasteiger partial charge in [0.2, 0.25) is 0 Å². The first-order chi connectivity index (χ1) is 9.04. The lowest BCUT2D eigenvalue weighted by atomic mass is 10.3. The van der Waals surface area contributed by atoms with Gasteiger partial charge in [-0.25, -0.2) is 4.79 Å². The third-order valence-corrected chi connectivity index (χ3v) is 3.23. The smallest absolute Gasteiger partial charge is 0.319 e. The minimum absolute atomic E-state index is 0.0269. The Kier molecular flexibility index (Phi) is 6.35. The van der Waals surface area contributed by atoms with Crippen molar-refractivity contribution >= 4 is 12.0 Å². The molecule has 0 radical (unpaired) electrons. The summed E-state index contributed by atoms with van der Waals surface area (Å²) in [6, 6.07) is 0.0269. The zero-order valence-electron chi connectivity index (χ0n) is 11.5. The summed E-state index contributed by atoms with van der Waals surface area (Å²) in [6.45, 7) is 6.87. The molecule has 2 amide bonds. The van der Waals surface area contributed by atoms with Crippen LogP contribution in [0.25, 0.3) is 0 Å². The highest BCUT2D eigenvalue weighted by Crippen LogP contribution is 2.05. The van der Waals surface area contributed by atoms with Crippen LogP contribution in [0.3, 0.4) is 0 Å². The molecule has 6 heteroatoms. The van der Waals surface area contributed by atoms with Crippen LogP contribution >= 0.6 is 0 Å². The van der Waals surface area contributed by atoms with Crippen LogP contribution in [-0.4, -0.2) is 78.1 Å². The van der Waals surface area contributed by atoms with Gasteiger partial charge in [0, 0.05) is 39.8 Å². The molecule has 1 fully saturated rings. The second-order valence-corrected chi connectivity index (χ2v) is 4.79. The Hall–Kier alpha value is -1.56. The molecule has 0 aliphatic carbocycles. The maximum Gasteiger partial charge on any atom is 0.319 e. The van der Waals surface area contributed by atoms with E-state index in [0.29, 0.717) is 26.2 Å². The summed E-state index contributed by atoms with van der Waals surface area (Å²) >= 11 is 0. The molecule has 0 spiro atoms. The van der Waals surface area contributed by atoms with E-state index in [1.54, 1.807) is 16.8 Å². The molecule has 0 atom stereocenters. The number of carboxylic acid groups (broad SMARTS) is 1. The van der Waals surface area contributed by atoms with Crippen molar-refractivity contribution in [2.45, 2.75) is 12.8 Å². The van der Waals surface area contributed by atoms with Crippen molar-refractivity contribution in [3.05, 3.63) is 12.7 Å². The molecule has 0 unspecified atom stereocenters. The first-order valence-corrected chi connectivity index (χ1v) is 6.59. The van der Waals surface area contributed by atoms with Crippen molar-refractivity contribution in [2.75, 3.05) is 46.3 Å². The van der Waals surface area contributed by atoms with E-state index in [1.165, 1.54) is 0 Å². The predicted octanol–water partition coefficient (Wildman–Crippen LogP) is 0.707. The second kappa shape index (κ2) is 7.78. The topological polar surface area (TPSA) is 64.1 Å². The molecule has 0 aromatic heterocycles. The molecule has 0 aromatic rings. The number of carboxylic acids is 1. The van der Waals surface area contributed by atoms with Crippen LogP contribution < -0.4 is 0 Å². The van der Waals surface area contributed by atoms with Crippen LogP contribution in [0.15, 0.2) is 12.7 Å². The molecule has 1 aliphatic rings. The fourth-order valence-electron chi connectivity index (χ4n) is 2.10. The van der Waals surface area contributed by atoms with Crippen LogP contribution in [0.1, 0.15) is 12.8 Å². The van der Waals surface area contributed by atoms with E-state index < -0.39 is 5.97 Å². The van der Waals surface area contributed by atoms with E-state index in [9.17, 15) is 9.59 Å². The summed E-state index contributed by atoms with van der Waals surface area (Å²) in [7, 11) is 1.80. The van der Waals surface area contributed by atoms with Gasteiger partial charge >= 0.3 is 12.0 Å². The quantitative estimate of drug-likeness (QED) is 0.569. The summed E-state index contributed by atoms with van der Waals surface area (Å²) in [5, 5.41) is 8.71. The van der Waals surface area contributed by atoms with Crippen LogP contribution in [0.2, 0.25) is 0 Å². The molecule has 19 heavy (non-hydrogen) atoms. The monoisotopic (exact) mass is 269 g/mol. The maximum atomic E-state index is 12.1. The number of nitrogens with zero attached hydrogens (tertiary/aromatic N) is 3. The van der Waals surface area contributed by atoms with Crippen molar-refractivity contribution < 1.29 is 14.7 Å². The number of allylic oxidation sites excluding steroid dienone is 1. The largest absolute Gasteiger partial charge is 0.480 e. The van der Waals surface area contributed by atoms with Gasteiger partial charge in [0.25, 0.3) is 0 Å². The van der Waals surface area contributed by atoms with Gasteiger partial charge in [-0.1, -0.05) is 6.08 Å². The van der Waals surface area contributed by atoms with Gasteiger partial charge in [0.1, 0.15) is 0 Å². The van der Waals surface area contributed by atoms with Crippen LogP contribution in [0, 0.1) is 0 Å². The van der Waals surface area contributed by atoms with Gasteiger partial charge in [-0.05, 0) is 12.8 Å². The van der Waals surface area contributed by atoms with E-state index in [4.69, 9.17) is 5.11 Å². The Balaban J connectivity index is 2.31. The second-order valence-electron chi connectivity index (χ2n) is 4.79. The van der Waals surface area contributed by atoms with Crippen molar-refractivity contribution in [3.8, 4) is 0 Å². The summed E-state index contributed by atoms with van der Waals surface area (Å²) in [6.07, 6.45) is 3.68. The lowest BCUT2D eigenvalue weighted by molar-refractivity contribution is -0.138. The van der Waals surface area contributed by atoms with Gasteiger partial charge in [-0.3, -0.25) is 9.69 Å².